The summed E-state index contributed by atoms with van der Waals surface area (Å²) in [6.45, 7) is 0.154. The molecule has 2 aliphatic heterocycles. The first-order valence-electron chi connectivity index (χ1n) is 10.6. The van der Waals surface area contributed by atoms with Crippen LogP contribution in [0.2, 0.25) is 0 Å². The average molecular weight is 480 g/mol. The molecule has 3 aromatic carbocycles. The van der Waals surface area contributed by atoms with Crippen molar-refractivity contribution in [2.75, 3.05) is 11.8 Å². The van der Waals surface area contributed by atoms with Crippen LogP contribution in [-0.4, -0.2) is 44.2 Å². The summed E-state index contributed by atoms with van der Waals surface area (Å²) >= 11 is 0. The maximum Gasteiger partial charge on any atom is 0.262 e. The molecular weight excluding hydrogens is 458 g/mol. The highest BCUT2D eigenvalue weighted by Crippen LogP contribution is 2.33. The lowest BCUT2D eigenvalue weighted by Gasteiger charge is -2.29. The Balaban J connectivity index is 1.43. The van der Waals surface area contributed by atoms with E-state index in [9.17, 15) is 22.8 Å². The number of amides is 3. The van der Waals surface area contributed by atoms with E-state index in [0.717, 1.165) is 0 Å². The van der Waals surface area contributed by atoms with Crippen molar-refractivity contribution in [2.45, 2.75) is 30.3 Å². The average Bonchev–Trinajstić information content (AvgIpc) is 3.13. The molecule has 34 heavy (non-hydrogen) atoms. The molecule has 1 atom stereocenters. The van der Waals surface area contributed by atoms with Gasteiger partial charge in [0.15, 0.2) is 0 Å². The van der Waals surface area contributed by atoms with Gasteiger partial charge in [0.1, 0.15) is 11.8 Å². The Hall–Kier alpha value is -3.92. The fourth-order valence-corrected chi connectivity index (χ4v) is 5.77. The van der Waals surface area contributed by atoms with Gasteiger partial charge in [-0.2, -0.15) is 0 Å². The standard InChI is InChI=1S/C24H21N3O6S/c1-33-20-9-10-21(18-5-3-2-4-17(18)20)34(31,32)26-15-6-7-16-14(12-15)13-27(24(16)30)19-8-11-22(28)25-23(19)29/h2-7,9-10,12,19,26H,8,11,13H2,1H3,(H,25,28,29). The van der Waals surface area contributed by atoms with Crippen molar-refractivity contribution in [2.24, 2.45) is 0 Å². The second-order valence-electron chi connectivity index (χ2n) is 8.19. The highest BCUT2D eigenvalue weighted by molar-refractivity contribution is 7.93. The number of nitrogens with zero attached hydrogens (tertiary/aromatic N) is 1. The highest BCUT2D eigenvalue weighted by Gasteiger charge is 2.39. The molecule has 0 saturated carbocycles. The van der Waals surface area contributed by atoms with E-state index in [4.69, 9.17) is 4.74 Å². The molecule has 0 spiro atoms. The van der Waals surface area contributed by atoms with Crippen LogP contribution in [0.4, 0.5) is 5.69 Å². The van der Waals surface area contributed by atoms with E-state index in [2.05, 4.69) is 10.0 Å². The summed E-state index contributed by atoms with van der Waals surface area (Å²) in [4.78, 5) is 38.0. The summed E-state index contributed by atoms with van der Waals surface area (Å²) in [6.07, 6.45) is 0.422. The summed E-state index contributed by atoms with van der Waals surface area (Å²) in [5, 5.41) is 3.46. The van der Waals surface area contributed by atoms with E-state index in [-0.39, 0.29) is 36.1 Å². The molecule has 9 nitrogen and oxygen atoms in total. The lowest BCUT2D eigenvalue weighted by atomic mass is 10.0. The smallest absolute Gasteiger partial charge is 0.262 e. The van der Waals surface area contributed by atoms with Gasteiger partial charge in [-0.15, -0.1) is 0 Å². The van der Waals surface area contributed by atoms with E-state index in [0.29, 0.717) is 33.3 Å². The van der Waals surface area contributed by atoms with E-state index in [1.165, 1.54) is 24.1 Å². The Morgan fingerprint density at radius 2 is 1.79 bits per heavy atom. The summed E-state index contributed by atoms with van der Waals surface area (Å²) in [7, 11) is -2.42. The zero-order chi connectivity index (χ0) is 24.0. The van der Waals surface area contributed by atoms with Crippen LogP contribution in [-0.2, 0) is 26.2 Å². The number of nitrogens with one attached hydrogen (secondary N) is 2. The maximum atomic E-state index is 13.3. The second kappa shape index (κ2) is 8.14. The molecule has 0 aromatic heterocycles. The predicted molar refractivity (Wildman–Crippen MR) is 124 cm³/mol. The molecule has 2 N–H and O–H groups in total. The molecular formula is C24H21N3O6S. The topological polar surface area (TPSA) is 122 Å². The second-order valence-corrected chi connectivity index (χ2v) is 9.84. The minimum absolute atomic E-state index is 0.102. The number of carbonyl (C=O) groups is 3. The molecule has 3 amide bonds. The molecule has 1 saturated heterocycles. The van der Waals surface area contributed by atoms with Crippen molar-refractivity contribution in [1.82, 2.24) is 10.2 Å². The van der Waals surface area contributed by atoms with Crippen LogP contribution in [0.15, 0.2) is 59.5 Å². The van der Waals surface area contributed by atoms with E-state index in [1.807, 2.05) is 0 Å². The monoisotopic (exact) mass is 479 g/mol. The van der Waals surface area contributed by atoms with Gasteiger partial charge in [0.2, 0.25) is 11.8 Å². The van der Waals surface area contributed by atoms with Crippen LogP contribution < -0.4 is 14.8 Å². The van der Waals surface area contributed by atoms with E-state index >= 15 is 0 Å². The number of methoxy groups -OCH3 is 1. The number of imide groups is 1. The Labute approximate surface area is 195 Å². The number of benzene rings is 3. The molecule has 0 bridgehead atoms. The molecule has 5 rings (SSSR count). The minimum Gasteiger partial charge on any atom is -0.496 e. The summed E-state index contributed by atoms with van der Waals surface area (Å²) in [5.41, 5.74) is 1.31. The third-order valence-electron chi connectivity index (χ3n) is 6.13. The molecule has 0 radical (unpaired) electrons. The van der Waals surface area contributed by atoms with Crippen LogP contribution in [0.5, 0.6) is 5.75 Å². The molecule has 2 aliphatic rings. The van der Waals surface area contributed by atoms with Crippen molar-refractivity contribution >= 4 is 44.2 Å². The van der Waals surface area contributed by atoms with E-state index in [1.54, 1.807) is 42.5 Å². The van der Waals surface area contributed by atoms with Crippen molar-refractivity contribution in [3.63, 3.8) is 0 Å². The number of hydrogen-bond acceptors (Lipinski definition) is 6. The van der Waals surface area contributed by atoms with E-state index < -0.39 is 22.0 Å². The Kier molecular flexibility index (Phi) is 5.24. The molecule has 1 unspecified atom stereocenters. The van der Waals surface area contributed by atoms with Crippen LogP contribution >= 0.6 is 0 Å². The Morgan fingerprint density at radius 1 is 1.03 bits per heavy atom. The molecule has 3 aromatic rings. The largest absolute Gasteiger partial charge is 0.496 e. The summed E-state index contributed by atoms with van der Waals surface area (Å²) in [6, 6.07) is 14.1. The first kappa shape index (κ1) is 21.9. The number of piperidine rings is 1. The molecule has 1 fully saturated rings. The zero-order valence-electron chi connectivity index (χ0n) is 18.2. The normalized spacial score (nSPS) is 18.1. The first-order valence-corrected chi connectivity index (χ1v) is 12.1. The number of carbonyl (C=O) groups excluding carboxylic acids is 3. The van der Waals surface area contributed by atoms with Gasteiger partial charge in [-0.05, 0) is 42.3 Å². The third-order valence-corrected chi connectivity index (χ3v) is 7.57. The molecule has 10 heteroatoms. The quantitative estimate of drug-likeness (QED) is 0.542. The lowest BCUT2D eigenvalue weighted by molar-refractivity contribution is -0.136. The molecule has 2 heterocycles. The number of anilines is 1. The first-order chi connectivity index (χ1) is 16.3. The van der Waals surface area contributed by atoms with Gasteiger partial charge in [0.05, 0.1) is 12.0 Å². The van der Waals surface area contributed by atoms with Crippen LogP contribution in [0.3, 0.4) is 0 Å². The van der Waals surface area contributed by atoms with Crippen molar-refractivity contribution < 1.29 is 27.5 Å². The van der Waals surface area contributed by atoms with Crippen LogP contribution in [0, 0.1) is 0 Å². The minimum atomic E-state index is -3.95. The van der Waals surface area contributed by atoms with Crippen molar-refractivity contribution in [1.29, 1.82) is 0 Å². The number of ether oxygens (including phenoxy) is 1. The Bertz CT molecular complexity index is 1470. The maximum absolute atomic E-state index is 13.3. The predicted octanol–water partition coefficient (Wildman–Crippen LogP) is 2.41. The zero-order valence-corrected chi connectivity index (χ0v) is 19.0. The van der Waals surface area contributed by atoms with Gasteiger partial charge in [0.25, 0.3) is 15.9 Å². The number of sulfonamides is 1. The van der Waals surface area contributed by atoms with Crippen molar-refractivity contribution in [3.8, 4) is 5.75 Å². The van der Waals surface area contributed by atoms with Gasteiger partial charge < -0.3 is 9.64 Å². The lowest BCUT2D eigenvalue weighted by Crippen LogP contribution is -2.52. The summed E-state index contributed by atoms with van der Waals surface area (Å²) in [5.74, 6) is -0.600. The fraction of sp³-hybridized carbons (Fsp3) is 0.208. The van der Waals surface area contributed by atoms with Crippen LogP contribution in [0.1, 0.15) is 28.8 Å². The van der Waals surface area contributed by atoms with Crippen LogP contribution in [0.25, 0.3) is 10.8 Å². The number of hydrogen-bond donors (Lipinski definition) is 2. The fourth-order valence-electron chi connectivity index (χ4n) is 4.50. The molecule has 174 valence electrons. The van der Waals surface area contributed by atoms with Gasteiger partial charge in [-0.25, -0.2) is 8.42 Å². The third kappa shape index (κ3) is 3.65. The Morgan fingerprint density at radius 3 is 2.53 bits per heavy atom. The van der Waals surface area contributed by atoms with Crippen molar-refractivity contribution in [3.05, 3.63) is 65.7 Å². The number of fused-ring (bicyclic) bond motifs is 2. The molecule has 0 aliphatic carbocycles. The SMILES string of the molecule is COc1ccc(S(=O)(=O)Nc2ccc3c(c2)CN(C2CCC(=O)NC2=O)C3=O)c2ccccc12. The van der Waals surface area contributed by atoms with Gasteiger partial charge in [-0.1, -0.05) is 24.3 Å². The number of rotatable bonds is 5. The van der Waals surface area contributed by atoms with Gasteiger partial charge >= 0.3 is 0 Å². The highest BCUT2D eigenvalue weighted by atomic mass is 32.2. The van der Waals surface area contributed by atoms with Gasteiger partial charge in [-0.3, -0.25) is 24.4 Å². The summed E-state index contributed by atoms with van der Waals surface area (Å²) < 4.78 is 34.4. The van der Waals surface area contributed by atoms with Gasteiger partial charge in [0, 0.05) is 35.0 Å².